The molecule has 0 aliphatic heterocycles. The zero-order valence-corrected chi connectivity index (χ0v) is 12.6. The average Bonchev–Trinajstić information content (AvgIpc) is 2.93. The van der Waals surface area contributed by atoms with Crippen molar-refractivity contribution in [2.75, 3.05) is 7.11 Å². The van der Waals surface area contributed by atoms with Gasteiger partial charge in [0.2, 0.25) is 0 Å². The molecule has 2 aromatic rings. The molecule has 0 saturated heterocycles. The fraction of sp³-hybridized carbons (Fsp3) is 0.214. The average molecular weight is 336 g/mol. The molecule has 0 N–H and O–H groups in total. The molecule has 104 valence electrons. The van der Waals surface area contributed by atoms with E-state index in [1.54, 1.807) is 4.68 Å². The molecule has 0 atom stereocenters. The van der Waals surface area contributed by atoms with Crippen LogP contribution in [-0.4, -0.2) is 27.8 Å². The number of allylic oxidation sites excluding steroid dienone is 1. The second-order valence-electron chi connectivity index (χ2n) is 4.07. The normalized spacial score (nSPS) is 10.9. The van der Waals surface area contributed by atoms with Crippen LogP contribution in [-0.2, 0) is 11.3 Å². The lowest BCUT2D eigenvalue weighted by molar-refractivity contribution is 0.0586. The summed E-state index contributed by atoms with van der Waals surface area (Å²) >= 11 is 3.40. The molecule has 0 bridgehead atoms. The Labute approximate surface area is 125 Å². The van der Waals surface area contributed by atoms with Gasteiger partial charge in [0.05, 0.1) is 7.11 Å². The molecule has 6 heteroatoms. The topological polar surface area (TPSA) is 57.0 Å². The van der Waals surface area contributed by atoms with Gasteiger partial charge in [-0.05, 0) is 24.1 Å². The minimum Gasteiger partial charge on any atom is -0.463 e. The van der Waals surface area contributed by atoms with Gasteiger partial charge in [-0.15, -0.1) is 5.10 Å². The van der Waals surface area contributed by atoms with Gasteiger partial charge < -0.3 is 4.74 Å². The highest BCUT2D eigenvalue weighted by molar-refractivity contribution is 9.10. The number of rotatable bonds is 5. The van der Waals surface area contributed by atoms with Crippen molar-refractivity contribution < 1.29 is 9.53 Å². The first kappa shape index (κ1) is 14.5. The number of esters is 1. The van der Waals surface area contributed by atoms with E-state index in [0.29, 0.717) is 6.54 Å². The highest BCUT2D eigenvalue weighted by Gasteiger charge is 2.10. The third-order valence-electron chi connectivity index (χ3n) is 2.61. The van der Waals surface area contributed by atoms with E-state index < -0.39 is 5.97 Å². The van der Waals surface area contributed by atoms with Gasteiger partial charge in [-0.25, -0.2) is 9.78 Å². The van der Waals surface area contributed by atoms with Crippen molar-refractivity contribution in [2.45, 2.75) is 13.0 Å². The molecule has 1 aromatic carbocycles. The van der Waals surface area contributed by atoms with Crippen LogP contribution in [0.2, 0.25) is 0 Å². The molecule has 0 radical (unpaired) electrons. The number of carbonyl (C=O) groups excluding carboxylic acids is 1. The van der Waals surface area contributed by atoms with E-state index in [-0.39, 0.29) is 5.82 Å². The fourth-order valence-corrected chi connectivity index (χ4v) is 1.85. The van der Waals surface area contributed by atoms with E-state index in [1.807, 2.05) is 30.3 Å². The summed E-state index contributed by atoms with van der Waals surface area (Å²) in [5.41, 5.74) is 1.14. The van der Waals surface area contributed by atoms with Crippen LogP contribution in [0.15, 0.2) is 41.1 Å². The smallest absolute Gasteiger partial charge is 0.377 e. The number of nitrogens with zero attached hydrogens (tertiary/aromatic N) is 3. The number of hydrogen-bond donors (Lipinski definition) is 0. The van der Waals surface area contributed by atoms with Crippen LogP contribution in [0.3, 0.4) is 0 Å². The van der Waals surface area contributed by atoms with Crippen molar-refractivity contribution in [2.24, 2.45) is 0 Å². The molecule has 0 fully saturated rings. The van der Waals surface area contributed by atoms with Gasteiger partial charge in [-0.2, -0.15) is 0 Å². The van der Waals surface area contributed by atoms with Gasteiger partial charge in [-0.1, -0.05) is 40.2 Å². The van der Waals surface area contributed by atoms with Crippen LogP contribution in [0, 0.1) is 0 Å². The van der Waals surface area contributed by atoms with Crippen molar-refractivity contribution in [1.29, 1.82) is 0 Å². The molecule has 0 aliphatic rings. The standard InChI is InChI=1S/C14H14BrN3O2/c1-20-14(19)13-16-10-18(17-13)9-3-2-4-11-5-7-12(15)8-6-11/h2,4-8,10H,3,9H2,1H3. The van der Waals surface area contributed by atoms with Gasteiger partial charge in [0.1, 0.15) is 6.33 Å². The summed E-state index contributed by atoms with van der Waals surface area (Å²) in [7, 11) is 1.31. The Morgan fingerprint density at radius 1 is 1.40 bits per heavy atom. The van der Waals surface area contributed by atoms with Crippen LogP contribution in [0.25, 0.3) is 6.08 Å². The Bertz CT molecular complexity index is 605. The van der Waals surface area contributed by atoms with Crippen molar-refractivity contribution in [3.05, 3.63) is 52.5 Å². The molecule has 0 spiro atoms. The van der Waals surface area contributed by atoms with Crippen LogP contribution >= 0.6 is 15.9 Å². The Morgan fingerprint density at radius 3 is 2.85 bits per heavy atom. The van der Waals surface area contributed by atoms with E-state index >= 15 is 0 Å². The third kappa shape index (κ3) is 4.03. The molecule has 1 heterocycles. The second-order valence-corrected chi connectivity index (χ2v) is 4.98. The van der Waals surface area contributed by atoms with Crippen molar-refractivity contribution in [3.63, 3.8) is 0 Å². The summed E-state index contributed by atoms with van der Waals surface area (Å²) < 4.78 is 7.23. The summed E-state index contributed by atoms with van der Waals surface area (Å²) in [5, 5.41) is 4.03. The Kier molecular flexibility index (Phi) is 5.06. The number of ether oxygens (including phenoxy) is 1. The maximum Gasteiger partial charge on any atom is 0.377 e. The van der Waals surface area contributed by atoms with Crippen LogP contribution in [0.4, 0.5) is 0 Å². The summed E-state index contributed by atoms with van der Waals surface area (Å²) in [6.45, 7) is 0.664. The van der Waals surface area contributed by atoms with E-state index in [2.05, 4.69) is 36.8 Å². The van der Waals surface area contributed by atoms with E-state index in [0.717, 1.165) is 16.5 Å². The number of methoxy groups -OCH3 is 1. The molecule has 0 aliphatic carbocycles. The largest absolute Gasteiger partial charge is 0.463 e. The van der Waals surface area contributed by atoms with Gasteiger partial charge in [0, 0.05) is 11.0 Å². The lowest BCUT2D eigenvalue weighted by atomic mass is 10.2. The Balaban J connectivity index is 1.85. The number of halogens is 1. The minimum absolute atomic E-state index is 0.0874. The van der Waals surface area contributed by atoms with Crippen LogP contribution in [0.1, 0.15) is 22.6 Å². The number of hydrogen-bond acceptors (Lipinski definition) is 4. The van der Waals surface area contributed by atoms with Crippen LogP contribution in [0.5, 0.6) is 0 Å². The molecular formula is C14H14BrN3O2. The molecule has 20 heavy (non-hydrogen) atoms. The first-order valence-electron chi connectivity index (χ1n) is 6.09. The van der Waals surface area contributed by atoms with E-state index in [1.165, 1.54) is 13.4 Å². The number of carbonyl (C=O) groups is 1. The highest BCUT2D eigenvalue weighted by atomic mass is 79.9. The maximum absolute atomic E-state index is 11.2. The zero-order chi connectivity index (χ0) is 14.4. The monoisotopic (exact) mass is 335 g/mol. The quantitative estimate of drug-likeness (QED) is 0.788. The molecule has 2 rings (SSSR count). The molecule has 0 unspecified atom stereocenters. The zero-order valence-electron chi connectivity index (χ0n) is 11.0. The van der Waals surface area contributed by atoms with Gasteiger partial charge in [0.25, 0.3) is 5.82 Å². The van der Waals surface area contributed by atoms with Crippen LogP contribution < -0.4 is 0 Å². The number of aryl methyl sites for hydroxylation is 1. The molecular weight excluding hydrogens is 322 g/mol. The van der Waals surface area contributed by atoms with Gasteiger partial charge >= 0.3 is 5.97 Å². The van der Waals surface area contributed by atoms with Crippen molar-refractivity contribution in [1.82, 2.24) is 14.8 Å². The lowest BCUT2D eigenvalue weighted by Crippen LogP contribution is -2.05. The summed E-state index contributed by atoms with van der Waals surface area (Å²) in [5.74, 6) is -0.432. The fourth-order valence-electron chi connectivity index (χ4n) is 1.59. The van der Waals surface area contributed by atoms with E-state index in [4.69, 9.17) is 0 Å². The summed E-state index contributed by atoms with van der Waals surface area (Å²) in [6, 6.07) is 8.07. The first-order chi connectivity index (χ1) is 9.69. The predicted octanol–water partition coefficient (Wildman–Crippen LogP) is 2.93. The Morgan fingerprint density at radius 2 is 2.15 bits per heavy atom. The lowest BCUT2D eigenvalue weighted by Gasteiger charge is -1.96. The highest BCUT2D eigenvalue weighted by Crippen LogP contribution is 2.11. The predicted molar refractivity (Wildman–Crippen MR) is 79.2 cm³/mol. The van der Waals surface area contributed by atoms with E-state index in [9.17, 15) is 4.79 Å². The summed E-state index contributed by atoms with van der Waals surface area (Å²) in [4.78, 5) is 15.1. The first-order valence-corrected chi connectivity index (χ1v) is 6.88. The second kappa shape index (κ2) is 7.00. The molecule has 5 nitrogen and oxygen atoms in total. The molecule has 0 saturated carbocycles. The molecule has 1 aromatic heterocycles. The minimum atomic E-state index is -0.519. The molecule has 0 amide bonds. The number of aromatic nitrogens is 3. The van der Waals surface area contributed by atoms with Gasteiger partial charge in [-0.3, -0.25) is 4.68 Å². The van der Waals surface area contributed by atoms with Crippen molar-refractivity contribution in [3.8, 4) is 0 Å². The third-order valence-corrected chi connectivity index (χ3v) is 3.14. The summed E-state index contributed by atoms with van der Waals surface area (Å²) in [6.07, 6.45) is 6.44. The number of benzene rings is 1. The van der Waals surface area contributed by atoms with Crippen molar-refractivity contribution >= 4 is 28.0 Å². The Hall–Kier alpha value is -1.95. The van der Waals surface area contributed by atoms with Gasteiger partial charge in [0.15, 0.2) is 0 Å². The SMILES string of the molecule is COC(=O)c1ncn(CCC=Cc2ccc(Br)cc2)n1. The maximum atomic E-state index is 11.2.